The molecule has 0 atom stereocenters. The Balaban J connectivity index is 1.95. The van der Waals surface area contributed by atoms with E-state index < -0.39 is 20.6 Å². The Bertz CT molecular complexity index is 1040. The molecule has 0 aliphatic heterocycles. The molecule has 0 heterocycles. The van der Waals surface area contributed by atoms with Crippen LogP contribution in [-0.4, -0.2) is 13.3 Å². The van der Waals surface area contributed by atoms with E-state index in [2.05, 4.69) is 4.72 Å². The lowest BCUT2D eigenvalue weighted by Gasteiger charge is -2.12. The van der Waals surface area contributed by atoms with E-state index in [1.165, 1.54) is 36.0 Å². The third-order valence-electron chi connectivity index (χ3n) is 3.45. The van der Waals surface area contributed by atoms with Gasteiger partial charge in [-0.2, -0.15) is 0 Å². The molecule has 0 unspecified atom stereocenters. The van der Waals surface area contributed by atoms with Crippen molar-refractivity contribution < 1.29 is 13.3 Å². The molecule has 0 spiro atoms. The van der Waals surface area contributed by atoms with E-state index in [-0.39, 0.29) is 4.90 Å². The van der Waals surface area contributed by atoms with Gasteiger partial charge in [0.05, 0.1) is 10.6 Å². The molecule has 0 fully saturated rings. The highest BCUT2D eigenvalue weighted by Gasteiger charge is 2.25. The predicted molar refractivity (Wildman–Crippen MR) is 101 cm³/mol. The highest BCUT2D eigenvalue weighted by molar-refractivity contribution is 7.99. The number of nitrogens with one attached hydrogen (secondary N) is 1. The maximum Gasteiger partial charge on any atom is 0.289 e. The number of sulfonamides is 1. The van der Waals surface area contributed by atoms with Crippen LogP contribution in [0.15, 0.2) is 93.5 Å². The van der Waals surface area contributed by atoms with Gasteiger partial charge in [-0.25, -0.2) is 8.42 Å². The Kier molecular flexibility index (Phi) is 5.24. The van der Waals surface area contributed by atoms with Gasteiger partial charge in [-0.05, 0) is 30.3 Å². The van der Waals surface area contributed by atoms with E-state index >= 15 is 0 Å². The molecular weight excluding hydrogens is 372 g/mol. The van der Waals surface area contributed by atoms with Crippen molar-refractivity contribution in [2.75, 3.05) is 4.72 Å². The summed E-state index contributed by atoms with van der Waals surface area (Å²) in [6.45, 7) is 0. The van der Waals surface area contributed by atoms with Crippen LogP contribution < -0.4 is 4.72 Å². The van der Waals surface area contributed by atoms with E-state index in [0.29, 0.717) is 10.6 Å². The van der Waals surface area contributed by atoms with E-state index in [4.69, 9.17) is 0 Å². The quantitative estimate of drug-likeness (QED) is 0.496. The molecule has 0 radical (unpaired) electrons. The average molecular weight is 386 g/mol. The largest absolute Gasteiger partial charge is 0.289 e. The van der Waals surface area contributed by atoms with Gasteiger partial charge in [0.25, 0.3) is 15.7 Å². The molecular formula is C18H14N2O4S2. The molecule has 0 bridgehead atoms. The smallest absolute Gasteiger partial charge is 0.278 e. The Hall–Kier alpha value is -2.84. The van der Waals surface area contributed by atoms with Gasteiger partial charge in [-0.3, -0.25) is 14.8 Å². The van der Waals surface area contributed by atoms with Gasteiger partial charge in [0.2, 0.25) is 0 Å². The van der Waals surface area contributed by atoms with E-state index in [1.54, 1.807) is 24.3 Å². The van der Waals surface area contributed by atoms with Crippen LogP contribution in [-0.2, 0) is 10.0 Å². The average Bonchev–Trinajstić information content (AvgIpc) is 2.64. The van der Waals surface area contributed by atoms with E-state index in [9.17, 15) is 18.5 Å². The Morgan fingerprint density at radius 1 is 0.846 bits per heavy atom. The predicted octanol–water partition coefficient (Wildman–Crippen LogP) is 4.55. The second kappa shape index (κ2) is 7.59. The molecule has 3 aromatic carbocycles. The molecule has 8 heteroatoms. The van der Waals surface area contributed by atoms with Crippen LogP contribution in [0.5, 0.6) is 0 Å². The number of rotatable bonds is 6. The second-order valence-electron chi connectivity index (χ2n) is 5.24. The number of nitrogens with zero attached hydrogens (tertiary/aromatic N) is 1. The third kappa shape index (κ3) is 4.04. The molecule has 3 rings (SSSR count). The fourth-order valence-electron chi connectivity index (χ4n) is 2.29. The van der Waals surface area contributed by atoms with Crippen molar-refractivity contribution in [2.45, 2.75) is 14.7 Å². The van der Waals surface area contributed by atoms with Gasteiger partial charge in [0.1, 0.15) is 0 Å². The summed E-state index contributed by atoms with van der Waals surface area (Å²) in [6.07, 6.45) is 0. The molecule has 0 amide bonds. The third-order valence-corrected chi connectivity index (χ3v) is 5.95. The Morgan fingerprint density at radius 3 is 2.19 bits per heavy atom. The molecule has 3 aromatic rings. The minimum atomic E-state index is -4.11. The van der Waals surface area contributed by atoms with E-state index in [0.717, 1.165) is 4.90 Å². The standard InChI is InChI=1S/C18H14N2O4S2/c21-20(22)16-11-5-7-13-18(16)26(23,24)19-15-10-4-6-12-17(15)25-14-8-2-1-3-9-14/h1-13,19H. The topological polar surface area (TPSA) is 89.3 Å². The highest BCUT2D eigenvalue weighted by Crippen LogP contribution is 2.35. The molecule has 0 saturated heterocycles. The van der Waals surface area contributed by atoms with Crippen LogP contribution in [0.1, 0.15) is 0 Å². The molecule has 1 N–H and O–H groups in total. The molecule has 0 aliphatic carbocycles. The fourth-order valence-corrected chi connectivity index (χ4v) is 4.53. The van der Waals surface area contributed by atoms with Crippen LogP contribution in [0.25, 0.3) is 0 Å². The zero-order chi connectivity index (χ0) is 18.6. The number of anilines is 1. The lowest BCUT2D eigenvalue weighted by molar-refractivity contribution is -0.387. The summed E-state index contributed by atoms with van der Waals surface area (Å²) in [5.41, 5.74) is -0.104. The van der Waals surface area contributed by atoms with Gasteiger partial charge in [0.15, 0.2) is 4.90 Å². The zero-order valence-electron chi connectivity index (χ0n) is 13.4. The van der Waals surface area contributed by atoms with Crippen molar-refractivity contribution in [1.82, 2.24) is 0 Å². The van der Waals surface area contributed by atoms with Crippen LogP contribution >= 0.6 is 11.8 Å². The SMILES string of the molecule is O=[N+]([O-])c1ccccc1S(=O)(=O)Nc1ccccc1Sc1ccccc1. The van der Waals surface area contributed by atoms with Crippen LogP contribution in [0, 0.1) is 10.1 Å². The summed E-state index contributed by atoms with van der Waals surface area (Å²) < 4.78 is 27.9. The molecule has 0 aliphatic rings. The minimum Gasteiger partial charge on any atom is -0.278 e. The molecule has 0 saturated carbocycles. The van der Waals surface area contributed by atoms with Gasteiger partial charge < -0.3 is 0 Å². The minimum absolute atomic E-state index is 0.361. The summed E-state index contributed by atoms with van der Waals surface area (Å²) in [4.78, 5) is 11.7. The van der Waals surface area contributed by atoms with Crippen molar-refractivity contribution in [3.05, 3.63) is 89.0 Å². The second-order valence-corrected chi connectivity index (χ2v) is 8.01. The number of nitro groups is 1. The van der Waals surface area contributed by atoms with Gasteiger partial charge in [0, 0.05) is 15.9 Å². The van der Waals surface area contributed by atoms with Crippen molar-refractivity contribution in [3.8, 4) is 0 Å². The summed E-state index contributed by atoms with van der Waals surface area (Å²) in [5.74, 6) is 0. The molecule has 0 aromatic heterocycles. The van der Waals surface area contributed by atoms with Crippen LogP contribution in [0.2, 0.25) is 0 Å². The van der Waals surface area contributed by atoms with Crippen molar-refractivity contribution in [3.63, 3.8) is 0 Å². The number of para-hydroxylation sites is 2. The van der Waals surface area contributed by atoms with Gasteiger partial charge in [-0.15, -0.1) is 0 Å². The summed E-state index contributed by atoms with van der Waals surface area (Å²) in [6, 6.07) is 21.7. The number of benzene rings is 3. The molecule has 26 heavy (non-hydrogen) atoms. The first kappa shape index (κ1) is 18.0. The molecule has 6 nitrogen and oxygen atoms in total. The maximum absolute atomic E-state index is 12.7. The van der Waals surface area contributed by atoms with E-state index in [1.807, 2.05) is 30.3 Å². The zero-order valence-corrected chi connectivity index (χ0v) is 15.0. The first-order valence-electron chi connectivity index (χ1n) is 7.55. The van der Waals surface area contributed by atoms with Crippen LogP contribution in [0.3, 0.4) is 0 Å². The van der Waals surface area contributed by atoms with Crippen molar-refractivity contribution >= 4 is 33.2 Å². The van der Waals surface area contributed by atoms with Crippen molar-refractivity contribution in [1.29, 1.82) is 0 Å². The Labute approximate surface area is 155 Å². The monoisotopic (exact) mass is 386 g/mol. The number of hydrogen-bond acceptors (Lipinski definition) is 5. The normalized spacial score (nSPS) is 11.1. The molecule has 132 valence electrons. The first-order chi connectivity index (χ1) is 12.5. The summed E-state index contributed by atoms with van der Waals surface area (Å²) in [5, 5.41) is 11.1. The highest BCUT2D eigenvalue weighted by atomic mass is 32.2. The number of hydrogen-bond donors (Lipinski definition) is 1. The van der Waals surface area contributed by atoms with Crippen LogP contribution in [0.4, 0.5) is 11.4 Å². The lowest BCUT2D eigenvalue weighted by Crippen LogP contribution is -2.15. The lowest BCUT2D eigenvalue weighted by atomic mass is 10.3. The first-order valence-corrected chi connectivity index (χ1v) is 9.85. The number of nitro benzene ring substituents is 1. The maximum atomic E-state index is 12.7. The summed E-state index contributed by atoms with van der Waals surface area (Å²) in [7, 11) is -4.11. The summed E-state index contributed by atoms with van der Waals surface area (Å²) >= 11 is 1.40. The van der Waals surface area contributed by atoms with Gasteiger partial charge in [-0.1, -0.05) is 54.2 Å². The van der Waals surface area contributed by atoms with Crippen molar-refractivity contribution in [2.24, 2.45) is 0 Å². The Morgan fingerprint density at radius 2 is 1.46 bits per heavy atom. The van der Waals surface area contributed by atoms with Gasteiger partial charge >= 0.3 is 0 Å². The fraction of sp³-hybridized carbons (Fsp3) is 0.